The molecule has 3 aromatic carbocycles. The Morgan fingerprint density at radius 1 is 0.833 bits per heavy atom. The lowest BCUT2D eigenvalue weighted by atomic mass is 9.67. The summed E-state index contributed by atoms with van der Waals surface area (Å²) < 4.78 is 14.1. The van der Waals surface area contributed by atoms with Crippen LogP contribution in [-0.2, 0) is 14.3 Å². The first-order valence-electron chi connectivity index (χ1n) is 16.0. The predicted octanol–water partition coefficient (Wildman–Crippen LogP) is 7.31. The maximum atomic E-state index is 14.8. The minimum absolute atomic E-state index is 0.0486. The summed E-state index contributed by atoms with van der Waals surface area (Å²) in [4.78, 5) is 16.8. The topological polar surface area (TPSA) is 50.8 Å². The number of anilines is 1. The summed E-state index contributed by atoms with van der Waals surface area (Å²) in [5.74, 6) is 1.18. The van der Waals surface area contributed by atoms with E-state index in [0.29, 0.717) is 11.8 Å². The number of ether oxygens (including phenoxy) is 2. The van der Waals surface area contributed by atoms with Gasteiger partial charge in [-0.2, -0.15) is 0 Å². The van der Waals surface area contributed by atoms with E-state index in [1.807, 2.05) is 18.2 Å². The third-order valence-electron chi connectivity index (χ3n) is 11.3. The van der Waals surface area contributed by atoms with Crippen molar-refractivity contribution in [3.63, 3.8) is 0 Å². The summed E-state index contributed by atoms with van der Waals surface area (Å²) in [7, 11) is 0. The molecular formula is C37H42N2O3. The Morgan fingerprint density at radius 2 is 1.52 bits per heavy atom. The molecule has 5 heteroatoms. The second kappa shape index (κ2) is 9.77. The molecule has 1 saturated carbocycles. The summed E-state index contributed by atoms with van der Waals surface area (Å²) in [5.41, 5.74) is 3.78. The zero-order valence-corrected chi connectivity index (χ0v) is 24.9. The maximum absolute atomic E-state index is 14.8. The van der Waals surface area contributed by atoms with Crippen LogP contribution >= 0.6 is 0 Å². The molecular weight excluding hydrogens is 520 g/mol. The minimum Gasteiger partial charge on any atom is -0.368 e. The highest BCUT2D eigenvalue weighted by atomic mass is 16.5. The molecule has 1 spiro atoms. The molecule has 2 bridgehead atoms. The van der Waals surface area contributed by atoms with Gasteiger partial charge in [-0.05, 0) is 68.7 Å². The van der Waals surface area contributed by atoms with E-state index in [9.17, 15) is 4.79 Å². The summed E-state index contributed by atoms with van der Waals surface area (Å²) in [5, 5.41) is 3.92. The molecule has 42 heavy (non-hydrogen) atoms. The van der Waals surface area contributed by atoms with Gasteiger partial charge in [-0.1, -0.05) is 86.1 Å². The Kier molecular flexibility index (Phi) is 6.19. The molecule has 4 heterocycles. The van der Waals surface area contributed by atoms with Gasteiger partial charge in [-0.25, -0.2) is 0 Å². The highest BCUT2D eigenvalue weighted by Crippen LogP contribution is 2.66. The van der Waals surface area contributed by atoms with E-state index in [4.69, 9.17) is 9.47 Å². The fraction of sp³-hybridized carbons (Fsp3) is 0.486. The van der Waals surface area contributed by atoms with Gasteiger partial charge in [0.15, 0.2) is 0 Å². The van der Waals surface area contributed by atoms with Crippen molar-refractivity contribution in [1.82, 2.24) is 5.32 Å². The number of hydrogen-bond acceptors (Lipinski definition) is 4. The molecule has 4 saturated heterocycles. The van der Waals surface area contributed by atoms with Crippen molar-refractivity contribution < 1.29 is 14.3 Å². The number of fused-ring (bicyclic) bond motifs is 2. The highest BCUT2D eigenvalue weighted by molar-refractivity contribution is 6.01. The molecule has 1 N–H and O–H groups in total. The van der Waals surface area contributed by atoms with E-state index in [1.54, 1.807) is 0 Å². The molecule has 0 aromatic heterocycles. The minimum atomic E-state index is -0.583. The zero-order valence-electron chi connectivity index (χ0n) is 24.9. The van der Waals surface area contributed by atoms with Crippen LogP contribution in [0.4, 0.5) is 5.69 Å². The Morgan fingerprint density at radius 3 is 2.29 bits per heavy atom. The molecule has 0 radical (unpaired) electrons. The Balaban J connectivity index is 1.26. The van der Waals surface area contributed by atoms with Crippen LogP contribution in [0.5, 0.6) is 0 Å². The number of nitrogens with one attached hydrogen (secondary N) is 1. The molecule has 1 amide bonds. The van der Waals surface area contributed by atoms with E-state index < -0.39 is 5.60 Å². The highest BCUT2D eigenvalue weighted by Gasteiger charge is 2.72. The summed E-state index contributed by atoms with van der Waals surface area (Å²) in [6.45, 7) is 7.04. The number of hydrogen-bond donors (Lipinski definition) is 1. The Labute approximate surface area is 249 Å². The van der Waals surface area contributed by atoms with Crippen molar-refractivity contribution in [3.8, 4) is 0 Å². The van der Waals surface area contributed by atoms with E-state index in [-0.39, 0.29) is 47.8 Å². The number of para-hydroxylation sites is 1. The van der Waals surface area contributed by atoms with Crippen LogP contribution in [0.3, 0.4) is 0 Å². The van der Waals surface area contributed by atoms with Gasteiger partial charge in [0.1, 0.15) is 11.8 Å². The van der Waals surface area contributed by atoms with E-state index in [2.05, 4.69) is 97.7 Å². The van der Waals surface area contributed by atoms with Crippen molar-refractivity contribution in [2.45, 2.75) is 94.4 Å². The molecule has 5 fully saturated rings. The Bertz CT molecular complexity index is 1470. The SMILES string of the molecule is C[C@@H]1CC[C@@H]2[C@@H](C1)O[C@@H](c1ccccc1[C@@H]1N(c3ccccc3)C(=O)[C@H]3[C@H](c4ccccc4)[C@@H]4CC[C@]13O4)NC2(C)C. The van der Waals surface area contributed by atoms with Crippen molar-refractivity contribution in [2.75, 3.05) is 4.90 Å². The van der Waals surface area contributed by atoms with Gasteiger partial charge in [0, 0.05) is 28.6 Å². The second-order valence-electron chi connectivity index (χ2n) is 14.1. The van der Waals surface area contributed by atoms with Gasteiger partial charge in [0.25, 0.3) is 0 Å². The van der Waals surface area contributed by atoms with E-state index >= 15 is 0 Å². The van der Waals surface area contributed by atoms with Gasteiger partial charge >= 0.3 is 0 Å². The first-order valence-corrected chi connectivity index (χ1v) is 16.0. The Hall–Kier alpha value is -2.99. The molecule has 3 aromatic rings. The standard InChI is InChI=1S/C37H42N2O3/c1-23-18-19-28-30(22-23)41-34(38-36(28,2)3)27-17-11-10-16-26(27)33-37-21-20-29(42-37)31(24-12-6-4-7-13-24)32(37)35(40)39(33)25-14-8-5-9-15-25/h4-17,23,28-34,38H,18-22H2,1-3H3/t23-,28-,29+,30-,31-,32-,33+,34+,37-/m1/s1. The van der Waals surface area contributed by atoms with Gasteiger partial charge in [-0.15, -0.1) is 0 Å². The van der Waals surface area contributed by atoms with Crippen LogP contribution in [-0.4, -0.2) is 29.3 Å². The summed E-state index contributed by atoms with van der Waals surface area (Å²) >= 11 is 0. The number of carbonyl (C=O) groups is 1. The third kappa shape index (κ3) is 3.89. The molecule has 9 atom stereocenters. The van der Waals surface area contributed by atoms with E-state index in [1.165, 1.54) is 18.4 Å². The quantitative estimate of drug-likeness (QED) is 0.362. The maximum Gasteiger partial charge on any atom is 0.234 e. The molecule has 8 rings (SSSR count). The predicted molar refractivity (Wildman–Crippen MR) is 164 cm³/mol. The first kappa shape index (κ1) is 26.6. The lowest BCUT2D eigenvalue weighted by Gasteiger charge is -2.52. The van der Waals surface area contributed by atoms with Crippen molar-refractivity contribution in [2.24, 2.45) is 17.8 Å². The molecule has 218 valence electrons. The number of nitrogens with zero attached hydrogens (tertiary/aromatic N) is 1. The molecule has 0 unspecified atom stereocenters. The van der Waals surface area contributed by atoms with Crippen LogP contribution in [0.2, 0.25) is 0 Å². The van der Waals surface area contributed by atoms with Crippen LogP contribution in [0.25, 0.3) is 0 Å². The lowest BCUT2D eigenvalue weighted by molar-refractivity contribution is -0.157. The van der Waals surface area contributed by atoms with Crippen LogP contribution in [0.15, 0.2) is 84.9 Å². The summed E-state index contributed by atoms with van der Waals surface area (Å²) in [6, 6.07) is 29.2. The second-order valence-corrected chi connectivity index (χ2v) is 14.1. The number of benzene rings is 3. The molecule has 1 aliphatic carbocycles. The number of carbonyl (C=O) groups excluding carboxylic acids is 1. The average Bonchev–Trinajstić information content (AvgIpc) is 3.65. The number of amides is 1. The van der Waals surface area contributed by atoms with Gasteiger partial charge in [0.2, 0.25) is 5.91 Å². The normalized spacial score (nSPS) is 38.4. The monoisotopic (exact) mass is 562 g/mol. The van der Waals surface area contributed by atoms with Gasteiger partial charge in [0.05, 0.1) is 24.2 Å². The smallest absolute Gasteiger partial charge is 0.234 e. The fourth-order valence-corrected chi connectivity index (χ4v) is 9.45. The molecule has 4 aliphatic heterocycles. The largest absolute Gasteiger partial charge is 0.368 e. The first-order chi connectivity index (χ1) is 20.4. The van der Waals surface area contributed by atoms with Gasteiger partial charge < -0.3 is 14.4 Å². The van der Waals surface area contributed by atoms with Crippen molar-refractivity contribution in [3.05, 3.63) is 102 Å². The zero-order chi connectivity index (χ0) is 28.6. The molecule has 5 aliphatic rings. The summed E-state index contributed by atoms with van der Waals surface area (Å²) in [6.07, 6.45) is 5.45. The van der Waals surface area contributed by atoms with E-state index in [0.717, 1.165) is 36.1 Å². The average molecular weight is 563 g/mol. The molecule has 5 nitrogen and oxygen atoms in total. The van der Waals surface area contributed by atoms with Gasteiger partial charge in [-0.3, -0.25) is 10.1 Å². The van der Waals surface area contributed by atoms with Crippen molar-refractivity contribution in [1.29, 1.82) is 0 Å². The lowest BCUT2D eigenvalue weighted by Crippen LogP contribution is -2.59. The fourth-order valence-electron chi connectivity index (χ4n) is 9.45. The van der Waals surface area contributed by atoms with Crippen LogP contribution < -0.4 is 10.2 Å². The van der Waals surface area contributed by atoms with Crippen LogP contribution in [0, 0.1) is 17.8 Å². The van der Waals surface area contributed by atoms with Crippen molar-refractivity contribution >= 4 is 11.6 Å². The number of rotatable bonds is 4. The third-order valence-corrected chi connectivity index (χ3v) is 11.3. The van der Waals surface area contributed by atoms with Crippen LogP contribution in [0.1, 0.15) is 87.8 Å².